The Morgan fingerprint density at radius 2 is 1.94 bits per heavy atom. The van der Waals surface area contributed by atoms with Gasteiger partial charge in [0.1, 0.15) is 17.5 Å². The molecule has 0 saturated carbocycles. The summed E-state index contributed by atoms with van der Waals surface area (Å²) in [6.07, 6.45) is 3.44. The maximum absolute atomic E-state index is 14.0. The van der Waals surface area contributed by atoms with Crippen LogP contribution < -0.4 is 10.5 Å². The molecule has 0 fully saturated rings. The lowest BCUT2D eigenvalue weighted by Gasteiger charge is -2.12. The summed E-state index contributed by atoms with van der Waals surface area (Å²) in [5, 5.41) is 4.37. The van der Waals surface area contributed by atoms with E-state index in [-0.39, 0.29) is 0 Å². The Balaban J connectivity index is 1.60. The summed E-state index contributed by atoms with van der Waals surface area (Å²) < 4.78 is 22.8. The Labute approximate surface area is 188 Å². The number of imidazole rings is 1. The van der Waals surface area contributed by atoms with Gasteiger partial charge in [0.25, 0.3) is 0 Å². The molecule has 4 heterocycles. The van der Waals surface area contributed by atoms with E-state index in [0.717, 1.165) is 16.8 Å². The lowest BCUT2D eigenvalue weighted by atomic mass is 10.1. The molecule has 164 valence electrons. The number of nitrogen functional groups attached to an aromatic ring is 1. The summed E-state index contributed by atoms with van der Waals surface area (Å²) in [4.78, 5) is 13.9. The predicted molar refractivity (Wildman–Crippen MR) is 122 cm³/mol. The third-order valence-corrected chi connectivity index (χ3v) is 5.91. The van der Waals surface area contributed by atoms with Crippen LogP contribution in [0.15, 0.2) is 60.9 Å². The van der Waals surface area contributed by atoms with Crippen molar-refractivity contribution in [2.24, 2.45) is 0 Å². The van der Waals surface area contributed by atoms with Crippen LogP contribution in [0.1, 0.15) is 11.1 Å². The Morgan fingerprint density at radius 3 is 2.76 bits per heavy atom. The summed E-state index contributed by atoms with van der Waals surface area (Å²) in [5.74, 6) is 2.10. The van der Waals surface area contributed by atoms with Crippen molar-refractivity contribution in [3.05, 3.63) is 72.1 Å². The molecule has 1 unspecified atom stereocenters. The molecular weight excluding hydrogens is 421 g/mol. The molecule has 9 heteroatoms. The number of nitrogens with two attached hydrogens (primary N) is 1. The molecule has 0 aliphatic heterocycles. The van der Waals surface area contributed by atoms with Crippen LogP contribution >= 0.6 is 0 Å². The molecule has 1 aliphatic rings. The van der Waals surface area contributed by atoms with Gasteiger partial charge in [-0.15, -0.1) is 5.10 Å². The smallest absolute Gasteiger partial charge is 0.232 e. The van der Waals surface area contributed by atoms with Crippen LogP contribution in [0.25, 0.3) is 34.1 Å². The third kappa shape index (κ3) is 3.20. The summed E-state index contributed by atoms with van der Waals surface area (Å²) >= 11 is 0. The molecule has 0 saturated heterocycles. The van der Waals surface area contributed by atoms with Crippen LogP contribution in [0.4, 0.5) is 10.2 Å². The molecule has 4 aromatic heterocycles. The monoisotopic (exact) mass is 441 g/mol. The fraction of sp³-hybridized carbons (Fsp3) is 0.167. The Kier molecular flexibility index (Phi) is 4.36. The largest absolute Gasteiger partial charge is 0.480 e. The number of aromatic nitrogens is 6. The second kappa shape index (κ2) is 7.40. The van der Waals surface area contributed by atoms with Crippen LogP contribution in [0, 0.1) is 0 Å². The second-order valence-corrected chi connectivity index (χ2v) is 7.98. The van der Waals surface area contributed by atoms with Crippen molar-refractivity contribution in [3.63, 3.8) is 0 Å². The summed E-state index contributed by atoms with van der Waals surface area (Å²) in [5.41, 5.74) is 11.1. The summed E-state index contributed by atoms with van der Waals surface area (Å²) in [7, 11) is 1.57. The number of alkyl halides is 1. The maximum atomic E-state index is 14.0. The fourth-order valence-electron chi connectivity index (χ4n) is 4.34. The van der Waals surface area contributed by atoms with Gasteiger partial charge in [-0.25, -0.2) is 24.0 Å². The van der Waals surface area contributed by atoms with Gasteiger partial charge in [0.2, 0.25) is 5.88 Å². The van der Waals surface area contributed by atoms with E-state index in [0.29, 0.717) is 52.9 Å². The predicted octanol–water partition coefficient (Wildman–Crippen LogP) is 3.70. The van der Waals surface area contributed by atoms with Crippen molar-refractivity contribution in [1.82, 2.24) is 29.3 Å². The number of methoxy groups -OCH3 is 1. The standard InChI is InChI=1S/C24H20FN7O/c1-33-21-8-10-31(30-21)20-7-6-19-24(29-20)32(23(28-19)18-3-2-9-27-22(18)26)17-5-4-14-11-16(25)12-15(14)13-17/h2-10,13,16H,11-12H2,1H3,(H2,26,27). The minimum absolute atomic E-state index is 0.371. The quantitative estimate of drug-likeness (QED) is 0.457. The van der Waals surface area contributed by atoms with Crippen LogP contribution in [0.2, 0.25) is 0 Å². The average molecular weight is 441 g/mol. The molecule has 5 aromatic rings. The Hall–Kier alpha value is -4.27. The van der Waals surface area contributed by atoms with Crippen LogP contribution in [-0.2, 0) is 12.8 Å². The molecule has 1 aromatic carbocycles. The molecule has 0 radical (unpaired) electrons. The lowest BCUT2D eigenvalue weighted by molar-refractivity contribution is 0.349. The SMILES string of the molecule is COc1ccn(-c2ccc3nc(-c4cccnc4N)n(-c4ccc5c(c4)CC(F)C5)c3n2)n1. The molecule has 1 atom stereocenters. The molecular formula is C24H20FN7O. The highest BCUT2D eigenvalue weighted by Crippen LogP contribution is 2.33. The Bertz CT molecular complexity index is 1510. The van der Waals surface area contributed by atoms with E-state index in [1.54, 1.807) is 30.3 Å². The fourth-order valence-corrected chi connectivity index (χ4v) is 4.34. The van der Waals surface area contributed by atoms with Gasteiger partial charge in [0.15, 0.2) is 17.3 Å². The third-order valence-electron chi connectivity index (χ3n) is 5.91. The van der Waals surface area contributed by atoms with E-state index < -0.39 is 6.17 Å². The van der Waals surface area contributed by atoms with Gasteiger partial charge >= 0.3 is 0 Å². The lowest BCUT2D eigenvalue weighted by Crippen LogP contribution is -2.04. The highest BCUT2D eigenvalue weighted by molar-refractivity contribution is 5.83. The van der Waals surface area contributed by atoms with Crippen LogP contribution in [0.3, 0.4) is 0 Å². The number of anilines is 1. The zero-order valence-electron chi connectivity index (χ0n) is 17.8. The zero-order chi connectivity index (χ0) is 22.5. The molecule has 6 rings (SSSR count). The van der Waals surface area contributed by atoms with Gasteiger partial charge in [-0.1, -0.05) is 6.07 Å². The van der Waals surface area contributed by atoms with E-state index in [1.165, 1.54) is 0 Å². The molecule has 2 N–H and O–H groups in total. The Morgan fingerprint density at radius 1 is 1.06 bits per heavy atom. The molecule has 1 aliphatic carbocycles. The number of rotatable bonds is 4. The topological polar surface area (TPSA) is 96.7 Å². The highest BCUT2D eigenvalue weighted by Gasteiger charge is 2.23. The first-order valence-electron chi connectivity index (χ1n) is 10.6. The number of benzene rings is 1. The number of fused-ring (bicyclic) bond motifs is 2. The zero-order valence-corrected chi connectivity index (χ0v) is 17.8. The van der Waals surface area contributed by atoms with E-state index in [1.807, 2.05) is 47.0 Å². The number of hydrogen-bond donors (Lipinski definition) is 1. The van der Waals surface area contributed by atoms with E-state index in [2.05, 4.69) is 10.1 Å². The average Bonchev–Trinajstić information content (AvgIpc) is 3.54. The van der Waals surface area contributed by atoms with Crippen molar-refractivity contribution in [2.75, 3.05) is 12.8 Å². The summed E-state index contributed by atoms with van der Waals surface area (Å²) in [6.45, 7) is 0. The van der Waals surface area contributed by atoms with Gasteiger partial charge in [0.05, 0.1) is 12.7 Å². The van der Waals surface area contributed by atoms with Crippen molar-refractivity contribution < 1.29 is 9.13 Å². The number of ether oxygens (including phenoxy) is 1. The van der Waals surface area contributed by atoms with Crippen molar-refractivity contribution in [3.8, 4) is 28.8 Å². The molecule has 33 heavy (non-hydrogen) atoms. The van der Waals surface area contributed by atoms with Gasteiger partial charge in [-0.05, 0) is 47.5 Å². The van der Waals surface area contributed by atoms with Gasteiger partial charge in [0, 0.05) is 37.0 Å². The minimum atomic E-state index is -0.845. The molecule has 0 bridgehead atoms. The summed E-state index contributed by atoms with van der Waals surface area (Å²) in [6, 6.07) is 15.2. The van der Waals surface area contributed by atoms with Crippen LogP contribution in [-0.4, -0.2) is 42.6 Å². The second-order valence-electron chi connectivity index (χ2n) is 7.98. The number of hydrogen-bond acceptors (Lipinski definition) is 6. The van der Waals surface area contributed by atoms with Crippen LogP contribution in [0.5, 0.6) is 5.88 Å². The first-order chi connectivity index (χ1) is 16.1. The first-order valence-corrected chi connectivity index (χ1v) is 10.6. The van der Waals surface area contributed by atoms with Gasteiger partial charge in [-0.3, -0.25) is 4.57 Å². The van der Waals surface area contributed by atoms with Crippen molar-refractivity contribution >= 4 is 17.0 Å². The molecule has 8 nitrogen and oxygen atoms in total. The number of nitrogens with zero attached hydrogens (tertiary/aromatic N) is 6. The van der Waals surface area contributed by atoms with Gasteiger partial charge < -0.3 is 10.5 Å². The highest BCUT2D eigenvalue weighted by atomic mass is 19.1. The number of halogens is 1. The first kappa shape index (κ1) is 19.4. The van der Waals surface area contributed by atoms with Gasteiger partial charge in [-0.2, -0.15) is 0 Å². The van der Waals surface area contributed by atoms with E-state index in [4.69, 9.17) is 20.4 Å². The van der Waals surface area contributed by atoms with E-state index >= 15 is 0 Å². The van der Waals surface area contributed by atoms with Crippen molar-refractivity contribution in [2.45, 2.75) is 19.0 Å². The molecule has 0 amide bonds. The van der Waals surface area contributed by atoms with Crippen molar-refractivity contribution in [1.29, 1.82) is 0 Å². The maximum Gasteiger partial charge on any atom is 0.232 e. The number of pyridine rings is 2. The van der Waals surface area contributed by atoms with E-state index in [9.17, 15) is 4.39 Å². The molecule has 0 spiro atoms. The normalized spacial score (nSPS) is 15.2. The minimum Gasteiger partial charge on any atom is -0.480 e.